The van der Waals surface area contributed by atoms with Crippen LogP contribution in [-0.2, 0) is 10.8 Å². The molecule has 0 spiro atoms. The molecule has 2 aromatic heterocycles. The van der Waals surface area contributed by atoms with E-state index in [1.807, 2.05) is 6.07 Å². The fraction of sp³-hybridized carbons (Fsp3) is 0.105. The SMILES string of the molecule is CC1(C)c2ccccc2-c2ccc(-c3nc(-c4cc5ccccc5c5c4ccc4ccccc45)nc(-c4cc5c(c6oc7ccccc7c46)-c4ccccc4C5(C)C)n3)cc21. The van der Waals surface area contributed by atoms with E-state index in [4.69, 9.17) is 19.4 Å². The van der Waals surface area contributed by atoms with Gasteiger partial charge in [-0.05, 0) is 95.5 Å². The van der Waals surface area contributed by atoms with Crippen LogP contribution < -0.4 is 0 Å². The molecule has 0 aliphatic heterocycles. The van der Waals surface area contributed by atoms with E-state index in [0.29, 0.717) is 17.5 Å². The standard InChI is InChI=1S/C57H39N3O/c1-56(2)44-22-12-9-19-37(44)38-27-26-34(30-46(38)56)53-58-54(42-29-33-16-6-8-18-36(33)49-35-17-7-5-15-32(35)25-28-39(42)49)60-55(59-53)43-31-47-51(40-20-10-13-23-45(40)57(47,3)4)52-50(43)41-21-11-14-24-48(41)61-52/h5-31H,1-4H3. The highest BCUT2D eigenvalue weighted by atomic mass is 16.3. The number of furan rings is 1. The molecule has 11 aromatic rings. The average molecular weight is 782 g/mol. The molecule has 0 bridgehead atoms. The van der Waals surface area contributed by atoms with Crippen molar-refractivity contribution >= 4 is 54.3 Å². The minimum absolute atomic E-state index is 0.182. The molecule has 0 saturated heterocycles. The van der Waals surface area contributed by atoms with Crippen LogP contribution in [0, 0.1) is 0 Å². The largest absolute Gasteiger partial charge is 0.455 e. The van der Waals surface area contributed by atoms with Crippen LogP contribution in [0.4, 0.5) is 0 Å². The van der Waals surface area contributed by atoms with E-state index in [-0.39, 0.29) is 10.8 Å². The Morgan fingerprint density at radius 1 is 0.377 bits per heavy atom. The van der Waals surface area contributed by atoms with Crippen molar-refractivity contribution in [2.45, 2.75) is 38.5 Å². The lowest BCUT2D eigenvalue weighted by molar-refractivity contribution is 0.653. The Hall–Kier alpha value is -7.43. The maximum absolute atomic E-state index is 6.92. The van der Waals surface area contributed by atoms with E-state index in [1.165, 1.54) is 60.5 Å². The molecule has 0 saturated carbocycles. The second-order valence-corrected chi connectivity index (χ2v) is 17.9. The highest BCUT2D eigenvalue weighted by molar-refractivity contribution is 6.24. The van der Waals surface area contributed by atoms with Gasteiger partial charge in [0.05, 0.1) is 0 Å². The fourth-order valence-corrected chi connectivity index (χ4v) is 10.9. The van der Waals surface area contributed by atoms with E-state index in [0.717, 1.165) is 55.0 Å². The molecule has 4 nitrogen and oxygen atoms in total. The van der Waals surface area contributed by atoms with Crippen molar-refractivity contribution in [1.82, 2.24) is 15.0 Å². The first kappa shape index (κ1) is 34.4. The van der Waals surface area contributed by atoms with Crippen molar-refractivity contribution in [1.29, 1.82) is 0 Å². The summed E-state index contributed by atoms with van der Waals surface area (Å²) in [6.07, 6.45) is 0. The van der Waals surface area contributed by atoms with Crippen LogP contribution in [0.3, 0.4) is 0 Å². The van der Waals surface area contributed by atoms with Crippen LogP contribution in [-0.4, -0.2) is 15.0 Å². The van der Waals surface area contributed by atoms with Crippen LogP contribution in [0.15, 0.2) is 168 Å². The summed E-state index contributed by atoms with van der Waals surface area (Å²) in [7, 11) is 0. The summed E-state index contributed by atoms with van der Waals surface area (Å²) < 4.78 is 6.92. The van der Waals surface area contributed by atoms with Gasteiger partial charge in [0.1, 0.15) is 11.2 Å². The summed E-state index contributed by atoms with van der Waals surface area (Å²) in [5.41, 5.74) is 14.2. The number of hydrogen-bond acceptors (Lipinski definition) is 4. The number of hydrogen-bond donors (Lipinski definition) is 0. The summed E-state index contributed by atoms with van der Waals surface area (Å²) in [6.45, 7) is 9.27. The lowest BCUT2D eigenvalue weighted by atomic mass is 9.81. The number of benzene rings is 9. The van der Waals surface area contributed by atoms with Crippen molar-refractivity contribution in [2.75, 3.05) is 0 Å². The summed E-state index contributed by atoms with van der Waals surface area (Å²) in [5.74, 6) is 1.90. The third-order valence-electron chi connectivity index (χ3n) is 13.9. The van der Waals surface area contributed by atoms with Crippen LogP contribution in [0.2, 0.25) is 0 Å². The van der Waals surface area contributed by atoms with Gasteiger partial charge in [-0.3, -0.25) is 0 Å². The summed E-state index contributed by atoms with van der Waals surface area (Å²) >= 11 is 0. The van der Waals surface area contributed by atoms with Gasteiger partial charge in [0.15, 0.2) is 17.5 Å². The van der Waals surface area contributed by atoms with Crippen LogP contribution in [0.25, 0.3) is 111 Å². The zero-order chi connectivity index (χ0) is 40.8. The van der Waals surface area contributed by atoms with Crippen LogP contribution in [0.5, 0.6) is 0 Å². The van der Waals surface area contributed by atoms with Crippen molar-refractivity contribution in [3.05, 3.63) is 186 Å². The molecule has 0 atom stereocenters. The van der Waals surface area contributed by atoms with Gasteiger partial charge >= 0.3 is 0 Å². The first-order chi connectivity index (χ1) is 29.8. The monoisotopic (exact) mass is 781 g/mol. The summed E-state index contributed by atoms with van der Waals surface area (Å²) in [6, 6.07) is 59.1. The predicted octanol–water partition coefficient (Wildman–Crippen LogP) is 14.8. The lowest BCUT2D eigenvalue weighted by Gasteiger charge is -2.22. The second kappa shape index (κ2) is 12.1. The molecule has 4 heteroatoms. The zero-order valence-corrected chi connectivity index (χ0v) is 34.3. The maximum Gasteiger partial charge on any atom is 0.164 e. The Labute approximate surface area is 353 Å². The molecule has 61 heavy (non-hydrogen) atoms. The van der Waals surface area contributed by atoms with Gasteiger partial charge in [-0.2, -0.15) is 0 Å². The first-order valence-electron chi connectivity index (χ1n) is 21.2. The zero-order valence-electron chi connectivity index (χ0n) is 34.3. The van der Waals surface area contributed by atoms with Crippen molar-refractivity contribution < 1.29 is 4.42 Å². The molecule has 0 amide bonds. The molecule has 0 N–H and O–H groups in total. The Morgan fingerprint density at radius 2 is 0.967 bits per heavy atom. The number of para-hydroxylation sites is 1. The van der Waals surface area contributed by atoms with E-state index < -0.39 is 0 Å². The Morgan fingerprint density at radius 3 is 1.77 bits per heavy atom. The van der Waals surface area contributed by atoms with Crippen molar-refractivity contribution in [2.24, 2.45) is 0 Å². The highest BCUT2D eigenvalue weighted by Crippen LogP contribution is 2.55. The molecule has 288 valence electrons. The minimum Gasteiger partial charge on any atom is -0.455 e. The van der Waals surface area contributed by atoms with Gasteiger partial charge in [0.25, 0.3) is 0 Å². The molecule has 9 aromatic carbocycles. The van der Waals surface area contributed by atoms with Gasteiger partial charge in [0.2, 0.25) is 0 Å². The lowest BCUT2D eigenvalue weighted by Crippen LogP contribution is -2.15. The normalized spacial score (nSPS) is 14.5. The topological polar surface area (TPSA) is 51.8 Å². The van der Waals surface area contributed by atoms with Crippen molar-refractivity contribution in [3.63, 3.8) is 0 Å². The van der Waals surface area contributed by atoms with Crippen LogP contribution in [0.1, 0.15) is 49.9 Å². The van der Waals surface area contributed by atoms with E-state index in [2.05, 4.69) is 185 Å². The number of rotatable bonds is 3. The fourth-order valence-electron chi connectivity index (χ4n) is 10.9. The number of aromatic nitrogens is 3. The molecular formula is C57H39N3O. The third kappa shape index (κ3) is 4.68. The average Bonchev–Trinajstić information content (AvgIpc) is 3.88. The maximum atomic E-state index is 6.92. The van der Waals surface area contributed by atoms with Gasteiger partial charge in [0, 0.05) is 43.9 Å². The summed E-state index contributed by atoms with van der Waals surface area (Å²) in [5, 5.41) is 9.13. The second-order valence-electron chi connectivity index (χ2n) is 17.9. The molecule has 13 rings (SSSR count). The molecule has 0 fully saturated rings. The third-order valence-corrected chi connectivity index (χ3v) is 13.9. The minimum atomic E-state index is -0.275. The van der Waals surface area contributed by atoms with Gasteiger partial charge in [-0.1, -0.05) is 167 Å². The van der Waals surface area contributed by atoms with Gasteiger partial charge in [-0.15, -0.1) is 0 Å². The van der Waals surface area contributed by atoms with E-state index in [9.17, 15) is 0 Å². The molecular weight excluding hydrogens is 743 g/mol. The van der Waals surface area contributed by atoms with Gasteiger partial charge < -0.3 is 4.42 Å². The molecule has 2 aliphatic carbocycles. The predicted molar refractivity (Wildman–Crippen MR) is 251 cm³/mol. The molecule has 0 radical (unpaired) electrons. The highest BCUT2D eigenvalue weighted by Gasteiger charge is 2.39. The number of nitrogens with zero attached hydrogens (tertiary/aromatic N) is 3. The Kier molecular flexibility index (Phi) is 6.82. The van der Waals surface area contributed by atoms with Crippen molar-refractivity contribution in [3.8, 4) is 56.4 Å². The number of fused-ring (bicyclic) bond motifs is 15. The Bertz CT molecular complexity index is 3700. The van der Waals surface area contributed by atoms with E-state index >= 15 is 0 Å². The molecule has 2 heterocycles. The molecule has 0 unspecified atom stereocenters. The van der Waals surface area contributed by atoms with E-state index in [1.54, 1.807) is 0 Å². The Balaban J connectivity index is 1.14. The smallest absolute Gasteiger partial charge is 0.164 e. The van der Waals surface area contributed by atoms with Gasteiger partial charge in [-0.25, -0.2) is 15.0 Å². The first-order valence-corrected chi connectivity index (χ1v) is 21.2. The summed E-state index contributed by atoms with van der Waals surface area (Å²) in [4.78, 5) is 16.6. The quantitative estimate of drug-likeness (QED) is 0.168. The molecule has 2 aliphatic rings. The van der Waals surface area contributed by atoms with Crippen LogP contribution >= 0.6 is 0 Å².